The van der Waals surface area contributed by atoms with Crippen LogP contribution in [0, 0.1) is 11.3 Å². The molecule has 0 rings (SSSR count). The molecule has 29 heavy (non-hydrogen) atoms. The van der Waals surface area contributed by atoms with Gasteiger partial charge in [0.1, 0.15) is 0 Å². The fraction of sp³-hybridized carbons (Fsp3) is 1.00. The molecular formula is C23H49NO5. The molecule has 6 heteroatoms. The van der Waals surface area contributed by atoms with E-state index in [9.17, 15) is 10.2 Å². The molecule has 6 nitrogen and oxygen atoms in total. The van der Waals surface area contributed by atoms with Gasteiger partial charge >= 0.3 is 0 Å². The Bertz CT molecular complexity index is 352. The summed E-state index contributed by atoms with van der Waals surface area (Å²) in [6, 6.07) is 0. The summed E-state index contributed by atoms with van der Waals surface area (Å²) in [6.07, 6.45) is 9.53. The minimum Gasteiger partial charge on any atom is -0.396 e. The highest BCUT2D eigenvalue weighted by molar-refractivity contribution is 4.95. The van der Waals surface area contributed by atoms with Gasteiger partial charge in [-0.15, -0.1) is 0 Å². The predicted molar refractivity (Wildman–Crippen MR) is 119 cm³/mol. The summed E-state index contributed by atoms with van der Waals surface area (Å²) < 4.78 is 18.7. The number of aliphatic hydroxyl groups excluding tert-OH is 2. The lowest BCUT2D eigenvalue weighted by Gasteiger charge is -2.52. The summed E-state index contributed by atoms with van der Waals surface area (Å²) in [6.45, 7) is 10.0. The van der Waals surface area contributed by atoms with Gasteiger partial charge in [-0.3, -0.25) is 0 Å². The van der Waals surface area contributed by atoms with Crippen LogP contribution in [0.15, 0.2) is 0 Å². The second kappa shape index (κ2) is 17.4. The van der Waals surface area contributed by atoms with Gasteiger partial charge in [0.25, 0.3) is 5.97 Å². The molecule has 2 atom stereocenters. The summed E-state index contributed by atoms with van der Waals surface area (Å²) in [5.41, 5.74) is 5.32. The lowest BCUT2D eigenvalue weighted by molar-refractivity contribution is -0.440. The van der Waals surface area contributed by atoms with E-state index in [1.54, 1.807) is 0 Å². The number of hydrogen-bond donors (Lipinski definition) is 3. The Morgan fingerprint density at radius 2 is 1.31 bits per heavy atom. The third kappa shape index (κ3) is 8.80. The first-order valence-corrected chi connectivity index (χ1v) is 11.9. The van der Waals surface area contributed by atoms with Gasteiger partial charge in [0, 0.05) is 33.0 Å². The number of ether oxygens (including phenoxy) is 3. The Labute approximate surface area is 179 Å². The van der Waals surface area contributed by atoms with Crippen LogP contribution in [0.3, 0.4) is 0 Å². The van der Waals surface area contributed by atoms with Crippen LogP contribution in [0.4, 0.5) is 0 Å². The van der Waals surface area contributed by atoms with Crippen molar-refractivity contribution in [1.29, 1.82) is 0 Å². The van der Waals surface area contributed by atoms with E-state index in [1.807, 2.05) is 20.8 Å². The van der Waals surface area contributed by atoms with Crippen molar-refractivity contribution in [3.05, 3.63) is 0 Å². The third-order valence-electron chi connectivity index (χ3n) is 5.91. The van der Waals surface area contributed by atoms with E-state index in [0.29, 0.717) is 39.2 Å². The molecule has 4 N–H and O–H groups in total. The summed E-state index contributed by atoms with van der Waals surface area (Å²) in [5.74, 6) is -1.13. The molecule has 0 aromatic heterocycles. The molecule has 0 spiro atoms. The molecular weight excluding hydrogens is 370 g/mol. The van der Waals surface area contributed by atoms with Gasteiger partial charge in [0.2, 0.25) is 0 Å². The van der Waals surface area contributed by atoms with Gasteiger partial charge in [0.15, 0.2) is 0 Å². The second-order valence-corrected chi connectivity index (χ2v) is 7.79. The Kier molecular flexibility index (Phi) is 17.3. The predicted octanol–water partition coefficient (Wildman–Crippen LogP) is 4.22. The fourth-order valence-corrected chi connectivity index (χ4v) is 4.68. The Morgan fingerprint density at radius 3 is 1.76 bits per heavy atom. The standard InChI is InChI=1S/C23H49NO5/c1-5-9-10-11-12-14-21(15-19-25)22(17-20-26,16-13-18-24)23(27-6-2,28-7-3)29-8-4/h21,25-26H,5-20,24H2,1-4H3. The van der Waals surface area contributed by atoms with Crippen molar-refractivity contribution < 1.29 is 24.4 Å². The van der Waals surface area contributed by atoms with E-state index in [2.05, 4.69) is 6.92 Å². The molecule has 0 bridgehead atoms. The smallest absolute Gasteiger partial charge is 0.289 e. The van der Waals surface area contributed by atoms with E-state index >= 15 is 0 Å². The van der Waals surface area contributed by atoms with Crippen molar-refractivity contribution in [1.82, 2.24) is 0 Å². The summed E-state index contributed by atoms with van der Waals surface area (Å²) in [5, 5.41) is 19.9. The van der Waals surface area contributed by atoms with Crippen LogP contribution in [-0.2, 0) is 14.2 Å². The number of rotatable bonds is 21. The lowest BCUT2D eigenvalue weighted by atomic mass is 9.64. The Balaban J connectivity index is 6.06. The van der Waals surface area contributed by atoms with Crippen molar-refractivity contribution in [2.45, 2.75) is 97.9 Å². The maximum Gasteiger partial charge on any atom is 0.289 e. The minimum absolute atomic E-state index is 0.0112. The topological polar surface area (TPSA) is 94.2 Å². The van der Waals surface area contributed by atoms with E-state index in [1.165, 1.54) is 25.7 Å². The van der Waals surface area contributed by atoms with Crippen molar-refractivity contribution in [3.63, 3.8) is 0 Å². The van der Waals surface area contributed by atoms with Crippen molar-refractivity contribution in [2.75, 3.05) is 39.6 Å². The molecule has 0 saturated heterocycles. The zero-order chi connectivity index (χ0) is 22.0. The van der Waals surface area contributed by atoms with Crippen LogP contribution in [0.25, 0.3) is 0 Å². The lowest BCUT2D eigenvalue weighted by Crippen LogP contribution is -2.59. The monoisotopic (exact) mass is 419 g/mol. The second-order valence-electron chi connectivity index (χ2n) is 7.79. The number of unbranched alkanes of at least 4 members (excludes halogenated alkanes) is 4. The molecule has 0 fully saturated rings. The average Bonchev–Trinajstić information content (AvgIpc) is 2.70. The van der Waals surface area contributed by atoms with Crippen molar-refractivity contribution in [3.8, 4) is 0 Å². The van der Waals surface area contributed by atoms with Crippen molar-refractivity contribution >= 4 is 0 Å². The zero-order valence-corrected chi connectivity index (χ0v) is 19.6. The van der Waals surface area contributed by atoms with E-state index in [0.717, 1.165) is 25.7 Å². The van der Waals surface area contributed by atoms with Gasteiger partial charge in [-0.1, -0.05) is 39.0 Å². The van der Waals surface area contributed by atoms with Crippen LogP contribution < -0.4 is 5.73 Å². The van der Waals surface area contributed by atoms with Gasteiger partial charge in [-0.05, 0) is 65.3 Å². The molecule has 0 aliphatic carbocycles. The first-order chi connectivity index (χ1) is 14.1. The molecule has 0 heterocycles. The molecule has 0 saturated carbocycles. The molecule has 176 valence electrons. The Morgan fingerprint density at radius 1 is 0.724 bits per heavy atom. The quantitative estimate of drug-likeness (QED) is 0.190. The van der Waals surface area contributed by atoms with Gasteiger partial charge in [0.05, 0.1) is 5.41 Å². The van der Waals surface area contributed by atoms with Gasteiger partial charge in [-0.25, -0.2) is 0 Å². The molecule has 0 aromatic rings. The van der Waals surface area contributed by atoms with E-state index in [-0.39, 0.29) is 19.1 Å². The maximum absolute atomic E-state index is 10.1. The average molecular weight is 420 g/mol. The van der Waals surface area contributed by atoms with Crippen LogP contribution >= 0.6 is 0 Å². The molecule has 2 unspecified atom stereocenters. The third-order valence-corrected chi connectivity index (χ3v) is 5.91. The minimum atomic E-state index is -1.24. The van der Waals surface area contributed by atoms with Gasteiger partial charge in [-0.2, -0.15) is 0 Å². The summed E-state index contributed by atoms with van der Waals surface area (Å²) in [7, 11) is 0. The first-order valence-electron chi connectivity index (χ1n) is 11.9. The number of aliphatic hydroxyl groups is 2. The molecule has 0 aliphatic heterocycles. The highest BCUT2D eigenvalue weighted by Crippen LogP contribution is 2.52. The first kappa shape index (κ1) is 28.8. The zero-order valence-electron chi connectivity index (χ0n) is 19.6. The van der Waals surface area contributed by atoms with Crippen molar-refractivity contribution in [2.24, 2.45) is 17.1 Å². The van der Waals surface area contributed by atoms with Crippen LogP contribution in [0.2, 0.25) is 0 Å². The maximum atomic E-state index is 10.1. The molecule has 0 aromatic carbocycles. The summed E-state index contributed by atoms with van der Waals surface area (Å²) >= 11 is 0. The highest BCUT2D eigenvalue weighted by atomic mass is 16.9. The van der Waals surface area contributed by atoms with E-state index < -0.39 is 11.4 Å². The fourth-order valence-electron chi connectivity index (χ4n) is 4.68. The van der Waals surface area contributed by atoms with Crippen LogP contribution in [0.5, 0.6) is 0 Å². The largest absolute Gasteiger partial charge is 0.396 e. The molecule has 0 aliphatic rings. The van der Waals surface area contributed by atoms with Gasteiger partial charge < -0.3 is 30.2 Å². The van der Waals surface area contributed by atoms with Crippen LogP contribution in [0.1, 0.15) is 91.9 Å². The molecule has 0 amide bonds. The summed E-state index contributed by atoms with van der Waals surface area (Å²) in [4.78, 5) is 0. The van der Waals surface area contributed by atoms with Crippen LogP contribution in [-0.4, -0.2) is 55.8 Å². The number of nitrogens with two attached hydrogens (primary N) is 1. The SMILES string of the molecule is CCCCCCCC(CCO)C(CCO)(CCCN)C(OCC)(OCC)OCC. The van der Waals surface area contributed by atoms with E-state index in [4.69, 9.17) is 19.9 Å². The number of hydrogen-bond acceptors (Lipinski definition) is 6. The Hall–Kier alpha value is -0.240. The normalized spacial score (nSPS) is 15.4. The molecule has 0 radical (unpaired) electrons. The highest BCUT2D eigenvalue weighted by Gasteiger charge is 2.57.